The lowest BCUT2D eigenvalue weighted by atomic mass is 10.3. The molecule has 15 heavy (non-hydrogen) atoms. The third-order valence-corrected chi connectivity index (χ3v) is 3.24. The van der Waals surface area contributed by atoms with Gasteiger partial charge in [-0.1, -0.05) is 0 Å². The molecule has 0 spiro atoms. The number of aryl methyl sites for hydroxylation is 2. The molecule has 84 valence electrons. The third-order valence-electron chi connectivity index (χ3n) is 2.10. The van der Waals surface area contributed by atoms with Gasteiger partial charge in [-0.05, 0) is 13.8 Å². The summed E-state index contributed by atoms with van der Waals surface area (Å²) < 4.78 is 0. The maximum Gasteiger partial charge on any atom is 0.190 e. The van der Waals surface area contributed by atoms with Crippen LogP contribution in [0, 0.1) is 13.8 Å². The first kappa shape index (κ1) is 12.0. The van der Waals surface area contributed by atoms with Crippen LogP contribution in [0.3, 0.4) is 0 Å². The molecule has 5 heteroatoms. The van der Waals surface area contributed by atoms with E-state index in [4.69, 9.17) is 0 Å². The van der Waals surface area contributed by atoms with Crippen LogP contribution in [0.5, 0.6) is 0 Å². The van der Waals surface area contributed by atoms with Gasteiger partial charge in [-0.25, -0.2) is 4.98 Å². The molecule has 0 aromatic carbocycles. The molecule has 0 fully saturated rings. The summed E-state index contributed by atoms with van der Waals surface area (Å²) in [6, 6.07) is 0. The van der Waals surface area contributed by atoms with Gasteiger partial charge in [0.15, 0.2) is 5.96 Å². The zero-order chi connectivity index (χ0) is 11.3. The van der Waals surface area contributed by atoms with E-state index in [1.807, 2.05) is 14.0 Å². The molecule has 0 amide bonds. The summed E-state index contributed by atoms with van der Waals surface area (Å²) in [5.74, 6) is 0.828. The number of aliphatic imine (C=N–C) groups is 1. The van der Waals surface area contributed by atoms with E-state index in [1.165, 1.54) is 4.88 Å². The van der Waals surface area contributed by atoms with E-state index in [-0.39, 0.29) is 0 Å². The molecule has 1 aromatic heterocycles. The molecule has 0 saturated heterocycles. The third kappa shape index (κ3) is 3.51. The van der Waals surface area contributed by atoms with Crippen molar-refractivity contribution in [2.75, 3.05) is 20.6 Å². The molecule has 0 aliphatic rings. The maximum atomic E-state index is 4.39. The van der Waals surface area contributed by atoms with Gasteiger partial charge >= 0.3 is 0 Å². The highest BCUT2D eigenvalue weighted by atomic mass is 32.1. The molecule has 4 nitrogen and oxygen atoms in total. The highest BCUT2D eigenvalue weighted by Gasteiger charge is 2.04. The van der Waals surface area contributed by atoms with Gasteiger partial charge in [0.25, 0.3) is 0 Å². The molecule has 1 aromatic rings. The molecule has 0 unspecified atom stereocenters. The minimum atomic E-state index is 0.828. The Bertz CT molecular complexity index is 343. The Morgan fingerprint density at radius 2 is 2.20 bits per heavy atom. The van der Waals surface area contributed by atoms with Crippen LogP contribution in [-0.2, 0) is 6.42 Å². The summed E-state index contributed by atoms with van der Waals surface area (Å²) in [6.45, 7) is 4.99. The maximum absolute atomic E-state index is 4.39. The summed E-state index contributed by atoms with van der Waals surface area (Å²) in [5.41, 5.74) is 1.15. The van der Waals surface area contributed by atoms with E-state index >= 15 is 0 Å². The van der Waals surface area contributed by atoms with Gasteiger partial charge in [-0.3, -0.25) is 4.99 Å². The van der Waals surface area contributed by atoms with E-state index < -0.39 is 0 Å². The number of hydrogen-bond donors (Lipinski definition) is 2. The Balaban J connectivity index is 2.41. The predicted octanol–water partition coefficient (Wildman–Crippen LogP) is 1.10. The van der Waals surface area contributed by atoms with E-state index in [0.717, 1.165) is 29.6 Å². The number of aromatic nitrogens is 1. The second-order valence-corrected chi connectivity index (χ2v) is 4.53. The zero-order valence-corrected chi connectivity index (χ0v) is 10.5. The normalized spacial score (nSPS) is 11.6. The summed E-state index contributed by atoms with van der Waals surface area (Å²) in [5, 5.41) is 7.35. The molecule has 0 aliphatic heterocycles. The fourth-order valence-electron chi connectivity index (χ4n) is 1.38. The van der Waals surface area contributed by atoms with Gasteiger partial charge in [0, 0.05) is 31.9 Å². The number of rotatable bonds is 3. The number of nitrogens with one attached hydrogen (secondary N) is 2. The monoisotopic (exact) mass is 226 g/mol. The first-order valence-corrected chi connectivity index (χ1v) is 5.80. The standard InChI is InChI=1S/C10H18N4S/c1-7-9(15-8(2)14-7)5-6-13-10(11-3)12-4/h5-6H2,1-4H3,(H2,11,12,13). The highest BCUT2D eigenvalue weighted by molar-refractivity contribution is 7.11. The zero-order valence-electron chi connectivity index (χ0n) is 9.72. The first-order valence-electron chi connectivity index (χ1n) is 4.98. The largest absolute Gasteiger partial charge is 0.359 e. The number of thiazole rings is 1. The average molecular weight is 226 g/mol. The molecule has 1 rings (SSSR count). The Morgan fingerprint density at radius 1 is 1.47 bits per heavy atom. The van der Waals surface area contributed by atoms with Crippen molar-refractivity contribution in [3.05, 3.63) is 15.6 Å². The smallest absolute Gasteiger partial charge is 0.190 e. The average Bonchev–Trinajstić information content (AvgIpc) is 2.52. The molecule has 0 saturated carbocycles. The fraction of sp³-hybridized carbons (Fsp3) is 0.600. The SMILES string of the molecule is CN=C(NC)NCCc1sc(C)nc1C. The number of guanidine groups is 1. The van der Waals surface area contributed by atoms with Crippen LogP contribution < -0.4 is 10.6 Å². The van der Waals surface area contributed by atoms with Gasteiger partial charge in [-0.2, -0.15) is 0 Å². The van der Waals surface area contributed by atoms with Crippen molar-refractivity contribution in [2.45, 2.75) is 20.3 Å². The highest BCUT2D eigenvalue weighted by Crippen LogP contribution is 2.16. The minimum Gasteiger partial charge on any atom is -0.359 e. The second-order valence-electron chi connectivity index (χ2n) is 3.24. The van der Waals surface area contributed by atoms with Gasteiger partial charge in [-0.15, -0.1) is 11.3 Å². The first-order chi connectivity index (χ1) is 7.17. The Kier molecular flexibility index (Phi) is 4.55. The Morgan fingerprint density at radius 3 is 2.67 bits per heavy atom. The van der Waals surface area contributed by atoms with Crippen LogP contribution in [0.15, 0.2) is 4.99 Å². The van der Waals surface area contributed by atoms with Crippen molar-refractivity contribution in [1.29, 1.82) is 0 Å². The van der Waals surface area contributed by atoms with Crippen molar-refractivity contribution in [2.24, 2.45) is 4.99 Å². The van der Waals surface area contributed by atoms with Gasteiger partial charge < -0.3 is 10.6 Å². The lowest BCUT2D eigenvalue weighted by Crippen LogP contribution is -2.35. The lowest BCUT2D eigenvalue weighted by Gasteiger charge is -2.07. The van der Waals surface area contributed by atoms with Crippen molar-refractivity contribution in [1.82, 2.24) is 15.6 Å². The molecule has 0 bridgehead atoms. The van der Waals surface area contributed by atoms with Crippen LogP contribution in [0.1, 0.15) is 15.6 Å². The van der Waals surface area contributed by atoms with E-state index in [0.29, 0.717) is 0 Å². The molecular formula is C10H18N4S. The van der Waals surface area contributed by atoms with Crippen LogP contribution in [0.25, 0.3) is 0 Å². The van der Waals surface area contributed by atoms with E-state index in [1.54, 1.807) is 18.4 Å². The molecule has 1 heterocycles. The van der Waals surface area contributed by atoms with Crippen molar-refractivity contribution in [3.63, 3.8) is 0 Å². The summed E-state index contributed by atoms with van der Waals surface area (Å²) in [6.07, 6.45) is 0.998. The number of hydrogen-bond acceptors (Lipinski definition) is 3. The quantitative estimate of drug-likeness (QED) is 0.599. The fourth-order valence-corrected chi connectivity index (χ4v) is 2.32. The van der Waals surface area contributed by atoms with Crippen molar-refractivity contribution < 1.29 is 0 Å². The molecule has 0 atom stereocenters. The predicted molar refractivity (Wildman–Crippen MR) is 65.7 cm³/mol. The van der Waals surface area contributed by atoms with Gasteiger partial charge in [0.2, 0.25) is 0 Å². The molecule has 0 aliphatic carbocycles. The van der Waals surface area contributed by atoms with Crippen LogP contribution in [-0.4, -0.2) is 31.6 Å². The summed E-state index contributed by atoms with van der Waals surface area (Å²) in [7, 11) is 3.62. The molecular weight excluding hydrogens is 208 g/mol. The number of nitrogens with zero attached hydrogens (tertiary/aromatic N) is 2. The van der Waals surface area contributed by atoms with Crippen LogP contribution in [0.4, 0.5) is 0 Å². The molecule has 2 N–H and O–H groups in total. The van der Waals surface area contributed by atoms with Crippen molar-refractivity contribution in [3.8, 4) is 0 Å². The topological polar surface area (TPSA) is 49.3 Å². The summed E-state index contributed by atoms with van der Waals surface area (Å²) >= 11 is 1.77. The van der Waals surface area contributed by atoms with E-state index in [2.05, 4.69) is 27.5 Å². The van der Waals surface area contributed by atoms with Crippen LogP contribution in [0.2, 0.25) is 0 Å². The summed E-state index contributed by atoms with van der Waals surface area (Å²) in [4.78, 5) is 9.79. The lowest BCUT2D eigenvalue weighted by molar-refractivity contribution is 0.836. The Hall–Kier alpha value is -1.10. The van der Waals surface area contributed by atoms with Crippen LogP contribution >= 0.6 is 11.3 Å². The second kappa shape index (κ2) is 5.70. The Labute approximate surface area is 94.8 Å². The van der Waals surface area contributed by atoms with E-state index in [9.17, 15) is 0 Å². The van der Waals surface area contributed by atoms with Crippen molar-refractivity contribution >= 4 is 17.3 Å². The minimum absolute atomic E-state index is 0.828. The molecule has 0 radical (unpaired) electrons. The van der Waals surface area contributed by atoms with Gasteiger partial charge in [0.05, 0.1) is 10.7 Å². The van der Waals surface area contributed by atoms with Gasteiger partial charge in [0.1, 0.15) is 0 Å².